The highest BCUT2D eigenvalue weighted by Gasteiger charge is 2.27. The Morgan fingerprint density at radius 2 is 1.52 bits per heavy atom. The number of ether oxygens (including phenoxy) is 4. The molecule has 2 aromatic carbocycles. The van der Waals surface area contributed by atoms with Crippen LogP contribution in [0.5, 0.6) is 11.5 Å². The predicted molar refractivity (Wildman–Crippen MR) is 173 cm³/mol. The number of nitro groups is 1. The van der Waals surface area contributed by atoms with E-state index in [4.69, 9.17) is 24.7 Å². The van der Waals surface area contributed by atoms with Crippen molar-refractivity contribution in [3.8, 4) is 11.5 Å². The van der Waals surface area contributed by atoms with Gasteiger partial charge in [-0.3, -0.25) is 10.1 Å². The van der Waals surface area contributed by atoms with E-state index in [1.165, 1.54) is 63.5 Å². The maximum absolute atomic E-state index is 13.0. The van der Waals surface area contributed by atoms with Crippen molar-refractivity contribution >= 4 is 17.3 Å². The Morgan fingerprint density at radius 1 is 0.932 bits per heavy atom. The lowest BCUT2D eigenvalue weighted by Crippen LogP contribution is -2.27. The topological polar surface area (TPSA) is 123 Å². The molecule has 44 heavy (non-hydrogen) atoms. The molecule has 3 rings (SSSR count). The number of nitrogens with zero attached hydrogens (tertiary/aromatic N) is 1. The van der Waals surface area contributed by atoms with Crippen LogP contribution in [-0.4, -0.2) is 30.2 Å². The second-order valence-electron chi connectivity index (χ2n) is 12.0. The highest BCUT2D eigenvalue weighted by molar-refractivity contribution is 5.97. The average Bonchev–Trinajstić information content (AvgIpc) is 3.02. The summed E-state index contributed by atoms with van der Waals surface area (Å²) in [7, 11) is 0. The van der Waals surface area contributed by atoms with Gasteiger partial charge in [0, 0.05) is 11.5 Å². The molecule has 1 saturated heterocycles. The molecule has 2 aromatic rings. The minimum absolute atomic E-state index is 0.144. The molecule has 0 radical (unpaired) electrons. The summed E-state index contributed by atoms with van der Waals surface area (Å²) in [6.07, 6.45) is 16.1. The lowest BCUT2D eigenvalue weighted by molar-refractivity contribution is -0.385. The molecule has 0 amide bonds. The first kappa shape index (κ1) is 35.3. The summed E-state index contributed by atoms with van der Waals surface area (Å²) in [6, 6.07) is 9.25. The number of nitro benzene ring substituents is 1. The van der Waals surface area contributed by atoms with Gasteiger partial charge in [0.2, 0.25) is 0 Å². The van der Waals surface area contributed by atoms with Gasteiger partial charge in [0.15, 0.2) is 6.29 Å². The van der Waals surface area contributed by atoms with Crippen molar-refractivity contribution in [1.29, 1.82) is 0 Å². The number of benzene rings is 2. The molecule has 1 aliphatic heterocycles. The number of nitrogens with two attached hydrogens (primary N) is 1. The van der Waals surface area contributed by atoms with Gasteiger partial charge in [-0.1, -0.05) is 96.6 Å². The second kappa shape index (κ2) is 19.3. The highest BCUT2D eigenvalue weighted by atomic mass is 16.7. The third-order valence-electron chi connectivity index (χ3n) is 8.13. The van der Waals surface area contributed by atoms with E-state index in [9.17, 15) is 14.9 Å². The van der Waals surface area contributed by atoms with Crippen molar-refractivity contribution in [3.05, 3.63) is 57.6 Å². The fourth-order valence-corrected chi connectivity index (χ4v) is 5.46. The van der Waals surface area contributed by atoms with E-state index in [2.05, 4.69) is 13.8 Å². The second-order valence-corrected chi connectivity index (χ2v) is 12.0. The van der Waals surface area contributed by atoms with Gasteiger partial charge >= 0.3 is 5.97 Å². The van der Waals surface area contributed by atoms with E-state index in [1.807, 2.05) is 6.92 Å². The van der Waals surface area contributed by atoms with E-state index in [0.717, 1.165) is 44.1 Å². The monoisotopic (exact) mass is 612 g/mol. The zero-order chi connectivity index (χ0) is 31.7. The number of carbonyl (C=O) groups excluding carboxylic acids is 1. The first-order chi connectivity index (χ1) is 21.3. The molecular formula is C35H52N2O7. The summed E-state index contributed by atoms with van der Waals surface area (Å²) >= 11 is 0. The molecule has 0 unspecified atom stereocenters. The van der Waals surface area contributed by atoms with Crippen molar-refractivity contribution in [3.63, 3.8) is 0 Å². The van der Waals surface area contributed by atoms with Gasteiger partial charge in [-0.05, 0) is 44.4 Å². The minimum Gasteiger partial charge on any atom is -0.488 e. The Balaban J connectivity index is 1.48. The van der Waals surface area contributed by atoms with E-state index in [1.54, 1.807) is 24.3 Å². The van der Waals surface area contributed by atoms with Crippen LogP contribution in [0.25, 0.3) is 0 Å². The lowest BCUT2D eigenvalue weighted by Gasteiger charge is -2.29. The number of rotatable bonds is 20. The molecule has 0 aliphatic carbocycles. The molecule has 244 valence electrons. The Morgan fingerprint density at radius 3 is 2.14 bits per heavy atom. The van der Waals surface area contributed by atoms with E-state index < -0.39 is 22.9 Å². The Kier molecular flexibility index (Phi) is 15.5. The molecular weight excluding hydrogens is 560 g/mol. The Labute approximate surface area is 262 Å². The highest BCUT2D eigenvalue weighted by Crippen LogP contribution is 2.34. The summed E-state index contributed by atoms with van der Waals surface area (Å²) in [5, 5.41) is 11.8. The quantitative estimate of drug-likeness (QED) is 0.0392. The van der Waals surface area contributed by atoms with Crippen LogP contribution in [0, 0.1) is 16.0 Å². The van der Waals surface area contributed by atoms with E-state index in [-0.39, 0.29) is 28.9 Å². The van der Waals surface area contributed by atoms with E-state index in [0.29, 0.717) is 19.1 Å². The van der Waals surface area contributed by atoms with Crippen molar-refractivity contribution < 1.29 is 28.7 Å². The van der Waals surface area contributed by atoms with Gasteiger partial charge in [0.25, 0.3) is 5.69 Å². The maximum Gasteiger partial charge on any atom is 0.350 e. The first-order valence-corrected chi connectivity index (χ1v) is 16.6. The van der Waals surface area contributed by atoms with Gasteiger partial charge in [-0.15, -0.1) is 0 Å². The lowest BCUT2D eigenvalue weighted by atomic mass is 10.0. The summed E-state index contributed by atoms with van der Waals surface area (Å²) in [5.41, 5.74) is 6.44. The zero-order valence-corrected chi connectivity index (χ0v) is 26.9. The fraction of sp³-hybridized carbons (Fsp3) is 0.629. The summed E-state index contributed by atoms with van der Waals surface area (Å²) in [5.74, 6) is -0.0333. The molecule has 0 aromatic heterocycles. The SMILES string of the molecule is CCCCCCCCCCC1COC(c2ccc(OC(=O)c3cc(N)c(O[C@H](C)CCCCCC)cc3[N+](=O)[O-])cc2)OC1. The number of hydrogen-bond acceptors (Lipinski definition) is 8. The number of hydrogen-bond donors (Lipinski definition) is 1. The van der Waals surface area contributed by atoms with Gasteiger partial charge in [0.1, 0.15) is 17.1 Å². The molecule has 2 N–H and O–H groups in total. The smallest absolute Gasteiger partial charge is 0.350 e. The van der Waals surface area contributed by atoms with Crippen molar-refractivity contribution in [1.82, 2.24) is 0 Å². The van der Waals surface area contributed by atoms with Crippen LogP contribution in [0.1, 0.15) is 133 Å². The van der Waals surface area contributed by atoms with Gasteiger partial charge in [-0.2, -0.15) is 0 Å². The molecule has 1 aliphatic rings. The summed E-state index contributed by atoms with van der Waals surface area (Å²) < 4.78 is 23.3. The average molecular weight is 613 g/mol. The van der Waals surface area contributed by atoms with Crippen LogP contribution in [0.3, 0.4) is 0 Å². The summed E-state index contributed by atoms with van der Waals surface area (Å²) in [6.45, 7) is 7.60. The maximum atomic E-state index is 13.0. The normalized spacial score (nSPS) is 17.2. The number of unbranched alkanes of at least 4 members (excludes halogenated alkanes) is 10. The van der Waals surface area contributed by atoms with Gasteiger partial charge in [-0.25, -0.2) is 4.79 Å². The van der Waals surface area contributed by atoms with Crippen molar-refractivity contribution in [2.24, 2.45) is 5.92 Å². The largest absolute Gasteiger partial charge is 0.488 e. The predicted octanol–water partition coefficient (Wildman–Crippen LogP) is 9.33. The molecule has 1 fully saturated rings. The van der Waals surface area contributed by atoms with Crippen LogP contribution in [-0.2, 0) is 9.47 Å². The number of nitrogen functional groups attached to an aromatic ring is 1. The number of carbonyl (C=O) groups is 1. The van der Waals surface area contributed by atoms with Crippen molar-refractivity contribution in [2.75, 3.05) is 18.9 Å². The van der Waals surface area contributed by atoms with Gasteiger partial charge < -0.3 is 24.7 Å². The van der Waals surface area contributed by atoms with Crippen LogP contribution in [0.2, 0.25) is 0 Å². The van der Waals surface area contributed by atoms with Crippen LogP contribution >= 0.6 is 0 Å². The number of anilines is 1. The van der Waals surface area contributed by atoms with Gasteiger partial charge in [0.05, 0.1) is 36.0 Å². The molecule has 9 nitrogen and oxygen atoms in total. The van der Waals surface area contributed by atoms with Crippen LogP contribution < -0.4 is 15.2 Å². The molecule has 0 saturated carbocycles. The van der Waals surface area contributed by atoms with Crippen LogP contribution in [0.15, 0.2) is 36.4 Å². The molecule has 0 spiro atoms. The van der Waals surface area contributed by atoms with E-state index >= 15 is 0 Å². The third-order valence-corrected chi connectivity index (χ3v) is 8.13. The fourth-order valence-electron chi connectivity index (χ4n) is 5.46. The zero-order valence-electron chi connectivity index (χ0n) is 26.9. The molecule has 1 atom stereocenters. The first-order valence-electron chi connectivity index (χ1n) is 16.6. The van der Waals surface area contributed by atoms with Crippen LogP contribution in [0.4, 0.5) is 11.4 Å². The molecule has 0 bridgehead atoms. The standard InChI is InChI=1S/C35H52N2O7/c1-4-6-8-10-11-12-13-15-17-27-24-41-35(42-25-27)28-18-20-29(21-19-28)44-34(38)30-22-31(36)33(23-32(30)37(39)40)43-26(3)16-14-9-7-5-2/h18-23,26-27,35H,4-17,24-25,36H2,1-3H3/t26-,27?,35?/m1/s1. The Bertz CT molecular complexity index is 1150. The minimum atomic E-state index is -0.871. The third kappa shape index (κ3) is 11.7. The van der Waals surface area contributed by atoms with Crippen molar-refractivity contribution in [2.45, 2.75) is 123 Å². The summed E-state index contributed by atoms with van der Waals surface area (Å²) in [4.78, 5) is 24.2. The molecule has 1 heterocycles. The molecule has 9 heteroatoms. The number of esters is 1. The Hall–Kier alpha value is -3.17.